The van der Waals surface area contributed by atoms with Crippen molar-refractivity contribution in [2.45, 2.75) is 19.4 Å². The van der Waals surface area contributed by atoms with E-state index in [1.165, 1.54) is 0 Å². The smallest absolute Gasteiger partial charge is 0.338 e. The van der Waals surface area contributed by atoms with Crippen LogP contribution in [-0.4, -0.2) is 11.1 Å². The largest absolute Gasteiger partial charge is 0.478 e. The van der Waals surface area contributed by atoms with Crippen molar-refractivity contribution >= 4 is 5.97 Å². The second kappa shape index (κ2) is 3.58. The molecule has 0 amide bonds. The van der Waals surface area contributed by atoms with Gasteiger partial charge in [0.2, 0.25) is 0 Å². The lowest BCUT2D eigenvalue weighted by Crippen LogP contribution is -2.29. The third-order valence-corrected chi connectivity index (χ3v) is 2.00. The van der Waals surface area contributed by atoms with Gasteiger partial charge in [-0.3, -0.25) is 0 Å². The van der Waals surface area contributed by atoms with Crippen LogP contribution in [0.2, 0.25) is 0 Å². The van der Waals surface area contributed by atoms with Crippen LogP contribution in [0.15, 0.2) is 12.1 Å². The highest BCUT2D eigenvalue weighted by Crippen LogP contribution is 2.22. The van der Waals surface area contributed by atoms with E-state index in [4.69, 9.17) is 10.8 Å². The molecule has 5 heteroatoms. The molecule has 0 aliphatic rings. The van der Waals surface area contributed by atoms with E-state index in [0.29, 0.717) is 0 Å². The molecule has 0 saturated heterocycles. The molecule has 0 aliphatic heterocycles. The van der Waals surface area contributed by atoms with Crippen molar-refractivity contribution < 1.29 is 18.7 Å². The van der Waals surface area contributed by atoms with Crippen molar-refractivity contribution in [1.29, 1.82) is 0 Å². The first-order chi connectivity index (χ1) is 6.73. The molecule has 1 rings (SSSR count). The summed E-state index contributed by atoms with van der Waals surface area (Å²) in [5, 5.41) is 8.63. The van der Waals surface area contributed by atoms with Crippen LogP contribution >= 0.6 is 0 Å². The molecule has 0 saturated carbocycles. The van der Waals surface area contributed by atoms with E-state index in [2.05, 4.69) is 0 Å². The summed E-state index contributed by atoms with van der Waals surface area (Å²) in [6.45, 7) is 3.15. The average molecular weight is 215 g/mol. The van der Waals surface area contributed by atoms with E-state index in [0.717, 1.165) is 12.1 Å². The number of carboxylic acids is 1. The zero-order valence-electron chi connectivity index (χ0n) is 8.34. The molecule has 0 spiro atoms. The number of aromatic carboxylic acids is 1. The van der Waals surface area contributed by atoms with Crippen LogP contribution in [0.1, 0.15) is 29.8 Å². The van der Waals surface area contributed by atoms with Crippen LogP contribution in [0.4, 0.5) is 8.78 Å². The summed E-state index contributed by atoms with van der Waals surface area (Å²) in [4.78, 5) is 10.6. The van der Waals surface area contributed by atoms with Crippen LogP contribution in [0.3, 0.4) is 0 Å². The van der Waals surface area contributed by atoms with Crippen LogP contribution in [0.25, 0.3) is 0 Å². The molecule has 0 fully saturated rings. The molecule has 15 heavy (non-hydrogen) atoms. The molecule has 1 aromatic carbocycles. The van der Waals surface area contributed by atoms with Gasteiger partial charge in [0.05, 0.1) is 5.56 Å². The van der Waals surface area contributed by atoms with Crippen molar-refractivity contribution in [3.8, 4) is 0 Å². The molecule has 0 aromatic heterocycles. The Labute approximate surface area is 85.5 Å². The van der Waals surface area contributed by atoms with E-state index in [-0.39, 0.29) is 5.56 Å². The maximum Gasteiger partial charge on any atom is 0.338 e. The molecular weight excluding hydrogens is 204 g/mol. The molecule has 3 N–H and O–H groups in total. The summed E-state index contributed by atoms with van der Waals surface area (Å²) in [6.07, 6.45) is 0. The van der Waals surface area contributed by atoms with E-state index in [1.807, 2.05) is 0 Å². The highest BCUT2D eigenvalue weighted by Gasteiger charge is 2.22. The predicted molar refractivity (Wildman–Crippen MR) is 50.5 cm³/mol. The fourth-order valence-electron chi connectivity index (χ4n) is 1.12. The first-order valence-electron chi connectivity index (χ1n) is 4.25. The Morgan fingerprint density at radius 3 is 2.33 bits per heavy atom. The minimum absolute atomic E-state index is 0.235. The molecule has 0 aliphatic carbocycles. The Morgan fingerprint density at radius 1 is 1.40 bits per heavy atom. The number of carbonyl (C=O) groups is 1. The van der Waals surface area contributed by atoms with Gasteiger partial charge in [-0.1, -0.05) is 0 Å². The number of nitrogens with two attached hydrogens (primary N) is 1. The Morgan fingerprint density at radius 2 is 1.93 bits per heavy atom. The normalized spacial score (nSPS) is 11.5. The molecule has 0 radical (unpaired) electrons. The Balaban J connectivity index is 3.43. The van der Waals surface area contributed by atoms with Gasteiger partial charge in [0.1, 0.15) is 0 Å². The molecule has 0 unspecified atom stereocenters. The minimum atomic E-state index is -1.52. The maximum atomic E-state index is 13.0. The van der Waals surface area contributed by atoms with Gasteiger partial charge < -0.3 is 10.8 Å². The SMILES string of the molecule is CC(C)(N)c1cc(F)c(F)c(C(=O)O)c1. The standard InChI is InChI=1S/C10H11F2NO2/c1-10(2,13)5-3-6(9(14)15)8(12)7(11)4-5/h3-4H,13H2,1-2H3,(H,14,15). The minimum Gasteiger partial charge on any atom is -0.478 e. The first-order valence-corrected chi connectivity index (χ1v) is 4.25. The lowest BCUT2D eigenvalue weighted by molar-refractivity contribution is 0.0690. The Bertz CT molecular complexity index is 411. The second-order valence-corrected chi connectivity index (χ2v) is 3.85. The van der Waals surface area contributed by atoms with Gasteiger partial charge in [-0.05, 0) is 31.5 Å². The highest BCUT2D eigenvalue weighted by molar-refractivity contribution is 5.88. The number of rotatable bonds is 2. The van der Waals surface area contributed by atoms with E-state index in [9.17, 15) is 13.6 Å². The molecule has 1 aromatic rings. The Kier molecular flexibility index (Phi) is 2.77. The number of hydrogen-bond donors (Lipinski definition) is 2. The molecular formula is C10H11F2NO2. The summed E-state index contributed by atoms with van der Waals surface area (Å²) < 4.78 is 26.1. The fourth-order valence-corrected chi connectivity index (χ4v) is 1.12. The molecule has 0 heterocycles. The molecule has 82 valence electrons. The number of halogens is 2. The zero-order chi connectivity index (χ0) is 11.8. The summed E-state index contributed by atoms with van der Waals surface area (Å²) >= 11 is 0. The van der Waals surface area contributed by atoms with Crippen molar-refractivity contribution in [2.75, 3.05) is 0 Å². The summed E-state index contributed by atoms with van der Waals surface area (Å²) in [7, 11) is 0. The van der Waals surface area contributed by atoms with Crippen molar-refractivity contribution in [2.24, 2.45) is 5.73 Å². The van der Waals surface area contributed by atoms with Gasteiger partial charge in [-0.25, -0.2) is 13.6 Å². The van der Waals surface area contributed by atoms with Crippen molar-refractivity contribution in [1.82, 2.24) is 0 Å². The molecule has 0 atom stereocenters. The monoisotopic (exact) mass is 215 g/mol. The van der Waals surface area contributed by atoms with Crippen LogP contribution in [0.5, 0.6) is 0 Å². The zero-order valence-corrected chi connectivity index (χ0v) is 8.34. The quantitative estimate of drug-likeness (QED) is 0.791. The third-order valence-electron chi connectivity index (χ3n) is 2.00. The number of carboxylic acid groups (broad SMARTS) is 1. The van der Waals surface area contributed by atoms with Gasteiger partial charge in [-0.2, -0.15) is 0 Å². The van der Waals surface area contributed by atoms with Gasteiger partial charge >= 0.3 is 5.97 Å². The van der Waals surface area contributed by atoms with Gasteiger partial charge in [0.25, 0.3) is 0 Å². The summed E-state index contributed by atoms with van der Waals surface area (Å²) in [6, 6.07) is 1.95. The third kappa shape index (κ3) is 2.30. The van der Waals surface area contributed by atoms with Crippen molar-refractivity contribution in [3.63, 3.8) is 0 Å². The second-order valence-electron chi connectivity index (χ2n) is 3.85. The van der Waals surface area contributed by atoms with Crippen LogP contribution in [0, 0.1) is 11.6 Å². The fraction of sp³-hybridized carbons (Fsp3) is 0.300. The van der Waals surface area contributed by atoms with Crippen LogP contribution in [-0.2, 0) is 5.54 Å². The first kappa shape index (κ1) is 11.6. The van der Waals surface area contributed by atoms with Gasteiger partial charge in [-0.15, -0.1) is 0 Å². The predicted octanol–water partition coefficient (Wildman–Crippen LogP) is 1.86. The average Bonchev–Trinajstić information content (AvgIpc) is 2.06. The topological polar surface area (TPSA) is 63.3 Å². The summed E-state index contributed by atoms with van der Waals surface area (Å²) in [5.41, 5.74) is 4.27. The van der Waals surface area contributed by atoms with Gasteiger partial charge in [0, 0.05) is 5.54 Å². The lowest BCUT2D eigenvalue weighted by Gasteiger charge is -2.19. The van der Waals surface area contributed by atoms with E-state index in [1.54, 1.807) is 13.8 Å². The highest BCUT2D eigenvalue weighted by atomic mass is 19.2. The Hall–Kier alpha value is -1.49. The molecule has 3 nitrogen and oxygen atoms in total. The van der Waals surface area contributed by atoms with E-state index < -0.39 is 28.7 Å². The van der Waals surface area contributed by atoms with Crippen molar-refractivity contribution in [3.05, 3.63) is 34.9 Å². The molecule has 0 bridgehead atoms. The lowest BCUT2D eigenvalue weighted by atomic mass is 9.93. The van der Waals surface area contributed by atoms with E-state index >= 15 is 0 Å². The summed E-state index contributed by atoms with van der Waals surface area (Å²) in [5.74, 6) is -4.09. The number of hydrogen-bond acceptors (Lipinski definition) is 2. The number of benzene rings is 1. The van der Waals surface area contributed by atoms with Gasteiger partial charge in [0.15, 0.2) is 11.6 Å². The van der Waals surface area contributed by atoms with Crippen LogP contribution < -0.4 is 5.73 Å². The maximum absolute atomic E-state index is 13.0.